The molecule has 86 valence electrons. The fourth-order valence-electron chi connectivity index (χ4n) is 1.40. The van der Waals surface area contributed by atoms with Crippen molar-refractivity contribution in [3.63, 3.8) is 0 Å². The van der Waals surface area contributed by atoms with E-state index in [2.05, 4.69) is 4.42 Å². The van der Waals surface area contributed by atoms with Gasteiger partial charge >= 0.3 is 5.76 Å². The number of hydrogen-bond donors (Lipinski definition) is 0. The Morgan fingerprint density at radius 1 is 1.44 bits per heavy atom. The molecule has 2 aromatic rings. The van der Waals surface area contributed by atoms with Crippen molar-refractivity contribution >= 4 is 30.8 Å². The molecule has 0 amide bonds. The molecule has 0 aliphatic carbocycles. The molecule has 0 unspecified atom stereocenters. The van der Waals surface area contributed by atoms with Crippen LogP contribution >= 0.6 is 10.7 Å². The van der Waals surface area contributed by atoms with Crippen LogP contribution in [0.2, 0.25) is 0 Å². The summed E-state index contributed by atoms with van der Waals surface area (Å²) >= 11 is 0. The predicted octanol–water partition coefficient (Wildman–Crippen LogP) is 1.20. The first-order chi connectivity index (χ1) is 7.30. The number of halogens is 2. The summed E-state index contributed by atoms with van der Waals surface area (Å²) in [5, 5.41) is 0. The Morgan fingerprint density at radius 3 is 2.62 bits per heavy atom. The molecule has 8 heteroatoms. The van der Waals surface area contributed by atoms with Gasteiger partial charge in [0.15, 0.2) is 5.58 Å². The lowest BCUT2D eigenvalue weighted by molar-refractivity contribution is 0.525. The maximum absolute atomic E-state index is 13.1. The van der Waals surface area contributed by atoms with Gasteiger partial charge in [0, 0.05) is 23.8 Å². The van der Waals surface area contributed by atoms with E-state index in [-0.39, 0.29) is 11.1 Å². The number of aryl methyl sites for hydroxylation is 1. The Labute approximate surface area is 93.5 Å². The molecule has 0 saturated heterocycles. The van der Waals surface area contributed by atoms with Crippen molar-refractivity contribution in [1.29, 1.82) is 0 Å². The number of aromatic nitrogens is 1. The van der Waals surface area contributed by atoms with Crippen molar-refractivity contribution in [1.82, 2.24) is 4.57 Å². The molecular formula is C8H5ClFNO4S. The highest BCUT2D eigenvalue weighted by atomic mass is 35.7. The van der Waals surface area contributed by atoms with Gasteiger partial charge in [0.2, 0.25) is 0 Å². The summed E-state index contributed by atoms with van der Waals surface area (Å²) < 4.78 is 41.1. The van der Waals surface area contributed by atoms with E-state index in [1.165, 1.54) is 7.05 Å². The van der Waals surface area contributed by atoms with Crippen LogP contribution in [0.5, 0.6) is 0 Å². The molecule has 0 fully saturated rings. The van der Waals surface area contributed by atoms with Crippen molar-refractivity contribution in [3.05, 3.63) is 28.5 Å². The fourth-order valence-corrected chi connectivity index (χ4v) is 2.47. The Morgan fingerprint density at radius 2 is 2.06 bits per heavy atom. The van der Waals surface area contributed by atoms with E-state index in [0.29, 0.717) is 0 Å². The minimum Gasteiger partial charge on any atom is -0.408 e. The van der Waals surface area contributed by atoms with Crippen LogP contribution < -0.4 is 5.76 Å². The van der Waals surface area contributed by atoms with Gasteiger partial charge in [-0.05, 0) is 6.07 Å². The van der Waals surface area contributed by atoms with E-state index in [1.54, 1.807) is 0 Å². The number of benzene rings is 1. The van der Waals surface area contributed by atoms with Crippen molar-refractivity contribution in [2.45, 2.75) is 4.90 Å². The molecule has 0 aliphatic heterocycles. The lowest BCUT2D eigenvalue weighted by atomic mass is 10.3. The Bertz CT molecular complexity index is 730. The third-order valence-corrected chi connectivity index (χ3v) is 3.41. The second kappa shape index (κ2) is 3.33. The summed E-state index contributed by atoms with van der Waals surface area (Å²) in [5.74, 6) is -1.64. The van der Waals surface area contributed by atoms with Crippen molar-refractivity contribution < 1.29 is 17.2 Å². The van der Waals surface area contributed by atoms with Gasteiger partial charge in [-0.3, -0.25) is 4.57 Å². The maximum Gasteiger partial charge on any atom is 0.419 e. The third kappa shape index (κ3) is 1.61. The van der Waals surface area contributed by atoms with Crippen LogP contribution in [0.3, 0.4) is 0 Å². The Kier molecular flexibility index (Phi) is 2.32. The maximum atomic E-state index is 13.1. The molecule has 0 aliphatic rings. The van der Waals surface area contributed by atoms with Crippen LogP contribution in [-0.2, 0) is 16.1 Å². The van der Waals surface area contributed by atoms with Gasteiger partial charge in [0.05, 0.1) is 0 Å². The topological polar surface area (TPSA) is 69.3 Å². The monoisotopic (exact) mass is 265 g/mol. The van der Waals surface area contributed by atoms with Crippen molar-refractivity contribution in [2.75, 3.05) is 0 Å². The van der Waals surface area contributed by atoms with E-state index < -0.39 is 25.5 Å². The Hall–Kier alpha value is -1.34. The van der Waals surface area contributed by atoms with Gasteiger partial charge < -0.3 is 4.42 Å². The molecule has 0 atom stereocenters. The molecule has 0 radical (unpaired) electrons. The molecular weight excluding hydrogens is 261 g/mol. The Balaban J connectivity index is 3.09. The smallest absolute Gasteiger partial charge is 0.408 e. The highest BCUT2D eigenvalue weighted by molar-refractivity contribution is 8.14. The number of fused-ring (bicyclic) bond motifs is 1. The van der Waals surface area contributed by atoms with Gasteiger partial charge in [-0.25, -0.2) is 17.6 Å². The molecule has 2 rings (SSSR count). The van der Waals surface area contributed by atoms with Crippen molar-refractivity contribution in [2.24, 2.45) is 7.05 Å². The van der Waals surface area contributed by atoms with Gasteiger partial charge in [-0.2, -0.15) is 0 Å². The molecule has 0 saturated carbocycles. The minimum absolute atomic E-state index is 0.0543. The summed E-state index contributed by atoms with van der Waals surface area (Å²) in [5.41, 5.74) is -0.215. The van der Waals surface area contributed by atoms with Crippen LogP contribution in [-0.4, -0.2) is 13.0 Å². The van der Waals surface area contributed by atoms with Crippen LogP contribution in [0.15, 0.2) is 26.2 Å². The molecule has 0 N–H and O–H groups in total. The summed E-state index contributed by atoms with van der Waals surface area (Å²) in [6.07, 6.45) is 0. The molecule has 16 heavy (non-hydrogen) atoms. The fraction of sp³-hybridized carbons (Fsp3) is 0.125. The van der Waals surface area contributed by atoms with Crippen molar-refractivity contribution in [3.8, 4) is 0 Å². The second-order valence-corrected chi connectivity index (χ2v) is 5.65. The zero-order valence-corrected chi connectivity index (χ0v) is 9.47. The quantitative estimate of drug-likeness (QED) is 0.727. The average Bonchev–Trinajstić information content (AvgIpc) is 2.39. The molecule has 1 heterocycles. The summed E-state index contributed by atoms with van der Waals surface area (Å²) in [7, 11) is 2.29. The van der Waals surface area contributed by atoms with Crippen LogP contribution in [0.1, 0.15) is 0 Å². The van der Waals surface area contributed by atoms with Gasteiger partial charge in [-0.1, -0.05) is 0 Å². The first-order valence-corrected chi connectivity index (χ1v) is 6.35. The highest BCUT2D eigenvalue weighted by Gasteiger charge is 2.21. The van der Waals surface area contributed by atoms with Crippen LogP contribution in [0.25, 0.3) is 11.1 Å². The standard InChI is InChI=1S/C8H5ClFNO4S/c1-11-7-5(15-8(11)12)2-4(10)3-6(7)16(9,13)14/h2-3H,1H3. The second-order valence-electron chi connectivity index (χ2n) is 3.12. The number of rotatable bonds is 1. The van der Waals surface area contributed by atoms with E-state index in [1.807, 2.05) is 0 Å². The predicted molar refractivity (Wildman–Crippen MR) is 54.5 cm³/mol. The largest absolute Gasteiger partial charge is 0.419 e. The minimum atomic E-state index is -4.15. The normalized spacial score (nSPS) is 12.2. The summed E-state index contributed by atoms with van der Waals surface area (Å²) in [6.45, 7) is 0. The highest BCUT2D eigenvalue weighted by Crippen LogP contribution is 2.26. The molecule has 5 nitrogen and oxygen atoms in total. The zero-order chi connectivity index (χ0) is 12.1. The SMILES string of the molecule is Cn1c(=O)oc2cc(F)cc(S(=O)(=O)Cl)c21. The van der Waals surface area contributed by atoms with Gasteiger partial charge in [0.25, 0.3) is 9.05 Å². The van der Waals surface area contributed by atoms with E-state index in [4.69, 9.17) is 10.7 Å². The lowest BCUT2D eigenvalue weighted by Crippen LogP contribution is -2.10. The van der Waals surface area contributed by atoms with E-state index in [9.17, 15) is 17.6 Å². The number of oxazole rings is 1. The first kappa shape index (κ1) is 11.2. The van der Waals surface area contributed by atoms with Gasteiger partial charge in [-0.15, -0.1) is 0 Å². The average molecular weight is 266 g/mol. The van der Waals surface area contributed by atoms with E-state index in [0.717, 1.165) is 16.7 Å². The van der Waals surface area contributed by atoms with Crippen LogP contribution in [0.4, 0.5) is 4.39 Å². The molecule has 1 aromatic heterocycles. The number of hydrogen-bond acceptors (Lipinski definition) is 4. The molecule has 0 spiro atoms. The van der Waals surface area contributed by atoms with Crippen LogP contribution in [0, 0.1) is 5.82 Å². The zero-order valence-electron chi connectivity index (χ0n) is 7.90. The lowest BCUT2D eigenvalue weighted by Gasteiger charge is -1.99. The van der Waals surface area contributed by atoms with E-state index >= 15 is 0 Å². The molecule has 1 aromatic carbocycles. The first-order valence-electron chi connectivity index (χ1n) is 4.04. The number of nitrogens with zero attached hydrogens (tertiary/aromatic N) is 1. The summed E-state index contributed by atoms with van der Waals surface area (Å²) in [4.78, 5) is 10.7. The van der Waals surface area contributed by atoms with Gasteiger partial charge in [0.1, 0.15) is 16.2 Å². The third-order valence-electron chi connectivity index (χ3n) is 2.07. The molecule has 0 bridgehead atoms. The summed E-state index contributed by atoms with van der Waals surface area (Å²) in [6, 6.07) is 1.65.